The first kappa shape index (κ1) is 19.7. The zero-order valence-electron chi connectivity index (χ0n) is 14.7. The summed E-state index contributed by atoms with van der Waals surface area (Å²) in [4.78, 5) is 23.6. The van der Waals surface area contributed by atoms with Crippen molar-refractivity contribution in [2.45, 2.75) is 73.5 Å². The van der Waals surface area contributed by atoms with Crippen LogP contribution in [0.3, 0.4) is 0 Å². The summed E-state index contributed by atoms with van der Waals surface area (Å²) in [6, 6.07) is -0.191. The van der Waals surface area contributed by atoms with Crippen LogP contribution in [0.4, 0.5) is 4.79 Å². The Morgan fingerprint density at radius 3 is 2.00 bits per heavy atom. The summed E-state index contributed by atoms with van der Waals surface area (Å²) in [7, 11) is 0. The Morgan fingerprint density at radius 2 is 1.62 bits per heavy atom. The molecule has 0 aliphatic carbocycles. The van der Waals surface area contributed by atoms with Gasteiger partial charge in [0.2, 0.25) is 0 Å². The Morgan fingerprint density at radius 1 is 1.10 bits per heavy atom. The van der Waals surface area contributed by atoms with E-state index in [-0.39, 0.29) is 29.8 Å². The predicted molar refractivity (Wildman–Crippen MR) is 83.0 cm³/mol. The van der Waals surface area contributed by atoms with Crippen molar-refractivity contribution >= 4 is 12.1 Å². The van der Waals surface area contributed by atoms with Gasteiger partial charge in [-0.25, -0.2) is 4.79 Å². The van der Waals surface area contributed by atoms with Gasteiger partial charge in [0.15, 0.2) is 0 Å². The molecule has 0 aromatic rings. The van der Waals surface area contributed by atoms with E-state index in [1.165, 1.54) is 0 Å². The molecule has 1 amide bonds. The Hall–Kier alpha value is -1.26. The standard InChI is InChI=1S/C16H31NO4/c1-9-20-13(18)10-12(15(3,4)5)11(2)17-14(19)21-16(6,7)8/h11-12H,9-10H2,1-8H3,(H,17,19). The van der Waals surface area contributed by atoms with Gasteiger partial charge in [-0.05, 0) is 46.0 Å². The minimum Gasteiger partial charge on any atom is -0.466 e. The topological polar surface area (TPSA) is 64.6 Å². The summed E-state index contributed by atoms with van der Waals surface area (Å²) in [6.45, 7) is 15.6. The van der Waals surface area contributed by atoms with Gasteiger partial charge in [-0.3, -0.25) is 4.79 Å². The van der Waals surface area contributed by atoms with Crippen molar-refractivity contribution in [3.8, 4) is 0 Å². The largest absolute Gasteiger partial charge is 0.466 e. The van der Waals surface area contributed by atoms with Crippen molar-refractivity contribution in [2.24, 2.45) is 11.3 Å². The molecule has 0 aromatic carbocycles. The number of amides is 1. The molecule has 0 saturated heterocycles. The summed E-state index contributed by atoms with van der Waals surface area (Å²) >= 11 is 0. The number of hydrogen-bond acceptors (Lipinski definition) is 4. The van der Waals surface area contributed by atoms with E-state index in [0.29, 0.717) is 6.61 Å². The molecule has 124 valence electrons. The van der Waals surface area contributed by atoms with Crippen molar-refractivity contribution in [2.75, 3.05) is 6.61 Å². The smallest absolute Gasteiger partial charge is 0.407 e. The van der Waals surface area contributed by atoms with Crippen LogP contribution in [0.2, 0.25) is 0 Å². The first-order valence-electron chi connectivity index (χ1n) is 7.52. The molecule has 1 N–H and O–H groups in total. The van der Waals surface area contributed by atoms with Gasteiger partial charge in [-0.1, -0.05) is 20.8 Å². The fourth-order valence-electron chi connectivity index (χ4n) is 2.23. The molecule has 0 spiro atoms. The lowest BCUT2D eigenvalue weighted by Crippen LogP contribution is -2.45. The number of nitrogens with one attached hydrogen (secondary N) is 1. The number of hydrogen-bond donors (Lipinski definition) is 1. The third kappa shape index (κ3) is 8.58. The lowest BCUT2D eigenvalue weighted by molar-refractivity contribution is -0.145. The molecule has 0 saturated carbocycles. The van der Waals surface area contributed by atoms with E-state index in [1.54, 1.807) is 6.92 Å². The van der Waals surface area contributed by atoms with Crippen molar-refractivity contribution in [3.05, 3.63) is 0 Å². The highest BCUT2D eigenvalue weighted by atomic mass is 16.6. The minimum atomic E-state index is -0.540. The van der Waals surface area contributed by atoms with Crippen LogP contribution in [0, 0.1) is 11.3 Å². The first-order valence-corrected chi connectivity index (χ1v) is 7.52. The monoisotopic (exact) mass is 301 g/mol. The summed E-state index contributed by atoms with van der Waals surface area (Å²) < 4.78 is 10.3. The SMILES string of the molecule is CCOC(=O)CC(C(C)NC(=O)OC(C)(C)C)C(C)(C)C. The maximum atomic E-state index is 11.9. The highest BCUT2D eigenvalue weighted by Gasteiger charge is 2.33. The van der Waals surface area contributed by atoms with Gasteiger partial charge in [0, 0.05) is 6.04 Å². The van der Waals surface area contributed by atoms with E-state index in [9.17, 15) is 9.59 Å². The third-order valence-corrected chi connectivity index (χ3v) is 3.15. The molecule has 0 heterocycles. The van der Waals surface area contributed by atoms with E-state index < -0.39 is 11.7 Å². The molecule has 0 aliphatic rings. The lowest BCUT2D eigenvalue weighted by atomic mass is 9.75. The van der Waals surface area contributed by atoms with Crippen LogP contribution in [0.25, 0.3) is 0 Å². The minimum absolute atomic E-state index is 0.0379. The number of ether oxygens (including phenoxy) is 2. The highest BCUT2D eigenvalue weighted by Crippen LogP contribution is 2.32. The zero-order chi connectivity index (χ0) is 16.8. The van der Waals surface area contributed by atoms with Crippen LogP contribution in [-0.4, -0.2) is 30.3 Å². The fraction of sp³-hybridized carbons (Fsp3) is 0.875. The number of rotatable bonds is 5. The van der Waals surface area contributed by atoms with Crippen LogP contribution in [0.15, 0.2) is 0 Å². The summed E-state index contributed by atoms with van der Waals surface area (Å²) in [5.74, 6) is -0.278. The second kappa shape index (κ2) is 7.66. The van der Waals surface area contributed by atoms with Crippen LogP contribution in [0.1, 0.15) is 61.8 Å². The van der Waals surface area contributed by atoms with E-state index in [0.717, 1.165) is 0 Å². The third-order valence-electron chi connectivity index (χ3n) is 3.15. The maximum Gasteiger partial charge on any atom is 0.407 e. The molecule has 0 bridgehead atoms. The van der Waals surface area contributed by atoms with E-state index in [4.69, 9.17) is 9.47 Å². The quantitative estimate of drug-likeness (QED) is 0.789. The molecule has 5 heteroatoms. The van der Waals surface area contributed by atoms with E-state index >= 15 is 0 Å². The second-order valence-electron chi connectivity index (χ2n) is 7.42. The highest BCUT2D eigenvalue weighted by molar-refractivity contribution is 5.70. The molecule has 2 atom stereocenters. The van der Waals surface area contributed by atoms with E-state index in [2.05, 4.69) is 5.32 Å². The van der Waals surface area contributed by atoms with Crippen molar-refractivity contribution in [1.29, 1.82) is 0 Å². The Bertz CT molecular complexity index is 352. The lowest BCUT2D eigenvalue weighted by Gasteiger charge is -2.35. The van der Waals surface area contributed by atoms with Gasteiger partial charge in [-0.2, -0.15) is 0 Å². The molecule has 2 unspecified atom stereocenters. The van der Waals surface area contributed by atoms with Crippen LogP contribution >= 0.6 is 0 Å². The number of alkyl carbamates (subject to hydrolysis) is 1. The average Bonchev–Trinajstić information content (AvgIpc) is 2.21. The van der Waals surface area contributed by atoms with Crippen LogP contribution in [-0.2, 0) is 14.3 Å². The van der Waals surface area contributed by atoms with Gasteiger partial charge in [0.1, 0.15) is 5.60 Å². The Labute approximate surface area is 128 Å². The van der Waals surface area contributed by atoms with Gasteiger partial charge < -0.3 is 14.8 Å². The second-order valence-corrected chi connectivity index (χ2v) is 7.42. The van der Waals surface area contributed by atoms with E-state index in [1.807, 2.05) is 48.5 Å². The van der Waals surface area contributed by atoms with Crippen LogP contribution < -0.4 is 5.32 Å². The molecule has 5 nitrogen and oxygen atoms in total. The van der Waals surface area contributed by atoms with Gasteiger partial charge in [0.25, 0.3) is 0 Å². The summed E-state index contributed by atoms with van der Waals surface area (Å²) in [6.07, 6.45) is -0.193. The average molecular weight is 301 g/mol. The maximum absolute atomic E-state index is 11.9. The molecule has 21 heavy (non-hydrogen) atoms. The number of carbonyl (C=O) groups is 2. The first-order chi connectivity index (χ1) is 9.36. The molecule has 0 aromatic heterocycles. The summed E-state index contributed by atoms with van der Waals surface area (Å²) in [5, 5.41) is 2.82. The van der Waals surface area contributed by atoms with Crippen LogP contribution in [0.5, 0.6) is 0 Å². The van der Waals surface area contributed by atoms with Crippen molar-refractivity contribution in [1.82, 2.24) is 5.32 Å². The van der Waals surface area contributed by atoms with Crippen molar-refractivity contribution in [3.63, 3.8) is 0 Å². The zero-order valence-corrected chi connectivity index (χ0v) is 14.7. The Kier molecular flexibility index (Phi) is 7.20. The molecule has 0 radical (unpaired) electrons. The Balaban J connectivity index is 4.78. The molecule has 0 fully saturated rings. The summed E-state index contributed by atoms with van der Waals surface area (Å²) in [5.41, 5.74) is -0.677. The molecular weight excluding hydrogens is 270 g/mol. The number of carbonyl (C=O) groups excluding carboxylic acids is 2. The predicted octanol–water partition coefficient (Wildman–Crippen LogP) is 3.52. The fourth-order valence-corrected chi connectivity index (χ4v) is 2.23. The molecule has 0 aliphatic heterocycles. The molecule has 0 rings (SSSR count). The van der Waals surface area contributed by atoms with Gasteiger partial charge in [-0.15, -0.1) is 0 Å². The van der Waals surface area contributed by atoms with Crippen molar-refractivity contribution < 1.29 is 19.1 Å². The molecular formula is C16H31NO4. The van der Waals surface area contributed by atoms with Gasteiger partial charge >= 0.3 is 12.1 Å². The number of esters is 1. The van der Waals surface area contributed by atoms with Gasteiger partial charge in [0.05, 0.1) is 13.0 Å². The normalized spacial score (nSPS) is 15.0.